The zero-order chi connectivity index (χ0) is 61.5. The Balaban J connectivity index is 0.000000184. The number of carbonyl (C=O) groups is 2. The van der Waals surface area contributed by atoms with Crippen LogP contribution in [0.4, 0.5) is 56.5 Å². The Bertz CT molecular complexity index is 3410. The number of nitrogen functional groups attached to an aromatic ring is 1. The van der Waals surface area contributed by atoms with Crippen molar-refractivity contribution in [1.82, 2.24) is 25.3 Å². The number of amides is 1. The summed E-state index contributed by atoms with van der Waals surface area (Å²) in [5, 5.41) is 15.8. The largest absolute Gasteiger partial charge is 0.460 e. The van der Waals surface area contributed by atoms with Gasteiger partial charge in [-0.1, -0.05) is 47.5 Å². The van der Waals surface area contributed by atoms with Crippen molar-refractivity contribution in [2.45, 2.75) is 117 Å². The first-order valence-corrected chi connectivity index (χ1v) is 35.2. The second kappa shape index (κ2) is 26.9. The minimum Gasteiger partial charge on any atom is -0.460 e. The topological polar surface area (TPSA) is 219 Å². The Morgan fingerprint density at radius 2 is 1.11 bits per heavy atom. The monoisotopic (exact) mass is 1260 g/mol. The number of esters is 1. The smallest absolute Gasteiger partial charge is 0.407 e. The molecule has 4 aromatic carbocycles. The van der Waals surface area contributed by atoms with Gasteiger partial charge in [0.1, 0.15) is 37.1 Å². The highest BCUT2D eigenvalue weighted by atomic mass is 35.5. The molecule has 0 unspecified atom stereocenters. The van der Waals surface area contributed by atoms with Crippen molar-refractivity contribution >= 4 is 123 Å². The molecule has 4 heterocycles. The molecular formula is C63H82Cl3N11O6P2. The molecule has 2 saturated carbocycles. The van der Waals surface area contributed by atoms with E-state index in [-0.39, 0.29) is 23.4 Å². The van der Waals surface area contributed by atoms with Crippen LogP contribution in [-0.2, 0) is 23.4 Å². The van der Waals surface area contributed by atoms with E-state index >= 15 is 0 Å². The molecule has 22 heteroatoms. The molecule has 2 aromatic heterocycles. The summed E-state index contributed by atoms with van der Waals surface area (Å²) in [6.45, 7) is 22.3. The molecule has 2 aliphatic heterocycles. The Hall–Kier alpha value is -6.09. The van der Waals surface area contributed by atoms with Crippen LogP contribution in [-0.4, -0.2) is 102 Å². The van der Waals surface area contributed by atoms with E-state index in [9.17, 15) is 18.7 Å². The lowest BCUT2D eigenvalue weighted by molar-refractivity contribution is -0.158. The lowest BCUT2D eigenvalue weighted by Gasteiger charge is -2.52. The molecule has 1 amide bonds. The van der Waals surface area contributed by atoms with Gasteiger partial charge in [-0.15, -0.1) is 0 Å². The predicted molar refractivity (Wildman–Crippen MR) is 351 cm³/mol. The van der Waals surface area contributed by atoms with Gasteiger partial charge in [-0.3, -0.25) is 4.79 Å². The predicted octanol–water partition coefficient (Wildman–Crippen LogP) is 14.9. The maximum atomic E-state index is 12.7. The molecule has 85 heavy (non-hydrogen) atoms. The normalized spacial score (nSPS) is 17.4. The van der Waals surface area contributed by atoms with Crippen LogP contribution in [0.2, 0.25) is 15.3 Å². The van der Waals surface area contributed by atoms with Gasteiger partial charge in [0, 0.05) is 73.0 Å². The van der Waals surface area contributed by atoms with Crippen molar-refractivity contribution in [3.8, 4) is 0 Å². The SMILES string of the molecule is CC(C)(C)OC(=O)CC1CC2(CCN(c3ccc(Nc4nccc(Nc5ccccc5P(C)(C)=O)n4)cc3Cl)CC2)C1.CC(C)(C)OC(=O)NC1CC2(CCN(c3ccc(N)cc3Cl)CC2)C1.CP(C)(=O)c1ccccc1Nc1ccnc(Cl)n1. The maximum Gasteiger partial charge on any atom is 0.407 e. The number of nitrogens with zero attached hydrogens (tertiary/aromatic N) is 6. The number of alkyl carbamates (subject to hydrolysis) is 1. The summed E-state index contributed by atoms with van der Waals surface area (Å²) in [5.74, 6) is 1.97. The summed E-state index contributed by atoms with van der Waals surface area (Å²) in [5.41, 5.74) is 10.7. The third-order valence-electron chi connectivity index (χ3n) is 15.7. The van der Waals surface area contributed by atoms with Gasteiger partial charge in [0.2, 0.25) is 11.2 Å². The quantitative estimate of drug-likeness (QED) is 0.0314. The van der Waals surface area contributed by atoms with E-state index in [4.69, 9.17) is 50.0 Å². The van der Waals surface area contributed by atoms with E-state index < -0.39 is 25.5 Å². The zero-order valence-corrected chi connectivity index (χ0v) is 54.5. The van der Waals surface area contributed by atoms with Crippen molar-refractivity contribution < 1.29 is 28.2 Å². The van der Waals surface area contributed by atoms with Crippen molar-refractivity contribution in [1.29, 1.82) is 0 Å². The fourth-order valence-corrected chi connectivity index (χ4v) is 14.8. The molecule has 0 bridgehead atoms. The van der Waals surface area contributed by atoms with Crippen LogP contribution < -0.4 is 47.4 Å². The second-order valence-corrected chi connectivity index (χ2v) is 33.3. The third kappa shape index (κ3) is 18.5. The fourth-order valence-electron chi connectivity index (χ4n) is 11.8. The molecule has 456 valence electrons. The van der Waals surface area contributed by atoms with Gasteiger partial charge in [-0.05, 0) is 221 Å². The molecule has 17 nitrogen and oxygen atoms in total. The third-order valence-corrected chi connectivity index (χ3v) is 19.6. The molecule has 4 fully saturated rings. The van der Waals surface area contributed by atoms with Gasteiger partial charge >= 0.3 is 12.1 Å². The van der Waals surface area contributed by atoms with E-state index in [2.05, 4.69) is 51.0 Å². The summed E-state index contributed by atoms with van der Waals surface area (Å²) in [6, 6.07) is 30.4. The lowest BCUT2D eigenvalue weighted by Crippen LogP contribution is -2.55. The van der Waals surface area contributed by atoms with Crippen molar-refractivity contribution in [3.05, 3.63) is 125 Å². The molecule has 4 aliphatic rings. The molecule has 2 saturated heterocycles. The van der Waals surface area contributed by atoms with Crippen LogP contribution in [0.3, 0.4) is 0 Å². The maximum absolute atomic E-state index is 12.7. The van der Waals surface area contributed by atoms with E-state index in [0.29, 0.717) is 56.5 Å². The number of aromatic nitrogens is 4. The van der Waals surface area contributed by atoms with Crippen LogP contribution >= 0.6 is 49.1 Å². The molecular weight excluding hydrogens is 1180 g/mol. The first kappa shape index (κ1) is 64.9. The number of halogens is 3. The Kier molecular flexibility index (Phi) is 20.5. The molecule has 10 rings (SSSR count). The summed E-state index contributed by atoms with van der Waals surface area (Å²) in [7, 11) is -4.80. The number of ether oxygens (including phenoxy) is 2. The van der Waals surface area contributed by atoms with Crippen LogP contribution in [0.5, 0.6) is 0 Å². The van der Waals surface area contributed by atoms with Crippen molar-refractivity contribution in [3.63, 3.8) is 0 Å². The highest BCUT2D eigenvalue weighted by molar-refractivity contribution is 7.70. The Labute approximate surface area is 516 Å². The van der Waals surface area contributed by atoms with Crippen LogP contribution in [0.15, 0.2) is 109 Å². The van der Waals surface area contributed by atoms with E-state index in [0.717, 1.165) is 117 Å². The van der Waals surface area contributed by atoms with E-state index in [1.807, 2.05) is 126 Å². The Morgan fingerprint density at radius 3 is 1.60 bits per heavy atom. The number of piperidine rings is 2. The van der Waals surface area contributed by atoms with E-state index in [1.54, 1.807) is 51.2 Å². The van der Waals surface area contributed by atoms with Crippen LogP contribution in [0.1, 0.15) is 99.3 Å². The first-order valence-electron chi connectivity index (χ1n) is 28.9. The second-order valence-electron chi connectivity index (χ2n) is 25.8. The number of anilines is 9. The van der Waals surface area contributed by atoms with Crippen LogP contribution in [0, 0.1) is 16.7 Å². The minimum atomic E-state index is -2.46. The van der Waals surface area contributed by atoms with Gasteiger partial charge in [0.05, 0.1) is 32.8 Å². The summed E-state index contributed by atoms with van der Waals surface area (Å²) >= 11 is 18.8. The van der Waals surface area contributed by atoms with Gasteiger partial charge in [0.15, 0.2) is 0 Å². The lowest BCUT2D eigenvalue weighted by atomic mass is 9.57. The van der Waals surface area contributed by atoms with Crippen molar-refractivity contribution in [2.24, 2.45) is 16.7 Å². The number of rotatable bonds is 13. The summed E-state index contributed by atoms with van der Waals surface area (Å²) < 4.78 is 35.8. The van der Waals surface area contributed by atoms with Gasteiger partial charge < -0.3 is 55.4 Å². The van der Waals surface area contributed by atoms with Crippen molar-refractivity contribution in [2.75, 3.05) is 84.3 Å². The molecule has 6 aromatic rings. The average Bonchev–Trinajstić information content (AvgIpc) is 2.75. The Morgan fingerprint density at radius 1 is 0.624 bits per heavy atom. The van der Waals surface area contributed by atoms with Gasteiger partial charge in [0.25, 0.3) is 0 Å². The number of hydrogen-bond acceptors (Lipinski definition) is 16. The number of benzene rings is 4. The number of nitrogens with one attached hydrogen (secondary N) is 4. The number of carbonyl (C=O) groups excluding carboxylic acids is 2. The van der Waals surface area contributed by atoms with Gasteiger partial charge in [-0.2, -0.15) is 4.98 Å². The molecule has 6 N–H and O–H groups in total. The molecule has 0 radical (unpaired) electrons. The number of para-hydroxylation sites is 2. The summed E-state index contributed by atoms with van der Waals surface area (Å²) in [6.07, 6.45) is 12.2. The average molecular weight is 1260 g/mol. The van der Waals surface area contributed by atoms with Gasteiger partial charge in [-0.25, -0.2) is 19.7 Å². The standard InChI is InChI=1S/C32H41ClN5O3P.C19H28ClN3O2.C12H13ClN3OP/c1-31(2,3)41-29(39)18-22-20-32(21-22)13-16-38(17-14-32)26-11-10-23(19-24(26)33)35-30-34-15-12-28(37-30)36-25-8-6-7-9-27(25)42(4,5)40;1-18(2,3)25-17(24)22-14-11-19(12-14)6-8-23(9-7-19)16-5-4-13(21)10-15(16)20;1-18(2,17)10-6-4-3-5-9(10)15-11-7-8-14-12(13)16-11/h6-12,15,19,22H,13-14,16-18,20-21H2,1-5H3,(H2,34,35,36,37);4-5,10,14H,6-9,11-12,21H2,1-3H3,(H,22,24);3-8H,1-2H3,(H,14,15,16). The molecule has 2 spiro atoms. The fraction of sp³-hybridized carbons (Fsp3) is 0.460. The summed E-state index contributed by atoms with van der Waals surface area (Å²) in [4.78, 5) is 45.6. The molecule has 2 aliphatic carbocycles. The van der Waals surface area contributed by atoms with E-state index in [1.165, 1.54) is 0 Å². The number of nitrogens with two attached hydrogens (primary N) is 1. The number of hydrogen-bond donors (Lipinski definition) is 5. The zero-order valence-electron chi connectivity index (χ0n) is 50.5. The highest BCUT2D eigenvalue weighted by Crippen LogP contribution is 2.55. The first-order chi connectivity index (χ1) is 39.9. The van der Waals surface area contributed by atoms with Crippen LogP contribution in [0.25, 0.3) is 0 Å². The molecule has 0 atom stereocenters. The minimum absolute atomic E-state index is 0.0801. The highest BCUT2D eigenvalue weighted by Gasteiger charge is 2.48.